The Hall–Kier alpha value is -1.89. The Kier molecular flexibility index (Phi) is 3.33. The van der Waals surface area contributed by atoms with E-state index in [1.807, 2.05) is 0 Å². The topological polar surface area (TPSA) is 72.8 Å². The van der Waals surface area contributed by atoms with E-state index in [2.05, 4.69) is 15.0 Å². The smallest absolute Gasteiger partial charge is 0.231 e. The molecule has 0 aliphatic rings. The van der Waals surface area contributed by atoms with Crippen LogP contribution in [0, 0.1) is 5.95 Å². The van der Waals surface area contributed by atoms with Gasteiger partial charge in [-0.25, -0.2) is 18.4 Å². The summed E-state index contributed by atoms with van der Waals surface area (Å²) in [6.45, 7) is 1.54. The quantitative estimate of drug-likeness (QED) is 0.842. The Morgan fingerprint density at radius 3 is 2.61 bits per heavy atom. The van der Waals surface area contributed by atoms with E-state index in [9.17, 15) is 12.8 Å². The second kappa shape index (κ2) is 4.77. The molecule has 0 unspecified atom stereocenters. The van der Waals surface area contributed by atoms with Crippen molar-refractivity contribution in [2.24, 2.45) is 0 Å². The number of hydrogen-bond acceptors (Lipinski definition) is 5. The van der Waals surface area contributed by atoms with E-state index in [1.165, 1.54) is 18.3 Å². The summed E-state index contributed by atoms with van der Waals surface area (Å²) in [6.07, 6.45) is 3.54. The molecule has 2 heterocycles. The minimum absolute atomic E-state index is 0.0414. The fourth-order valence-corrected chi connectivity index (χ4v) is 2.47. The first-order valence-corrected chi connectivity index (χ1v) is 6.85. The van der Waals surface area contributed by atoms with Crippen molar-refractivity contribution in [1.29, 1.82) is 0 Å². The highest BCUT2D eigenvalue weighted by molar-refractivity contribution is 7.91. The maximum absolute atomic E-state index is 12.7. The molecule has 0 saturated carbocycles. The molecule has 0 atom stereocenters. The molecule has 0 aliphatic carbocycles. The maximum Gasteiger partial charge on any atom is 0.231 e. The summed E-state index contributed by atoms with van der Waals surface area (Å²) in [5, 5.41) is 0. The van der Waals surface area contributed by atoms with Crippen molar-refractivity contribution in [2.45, 2.75) is 11.8 Å². The van der Waals surface area contributed by atoms with Crippen LogP contribution in [0.4, 0.5) is 4.39 Å². The van der Waals surface area contributed by atoms with Crippen LogP contribution in [0.2, 0.25) is 0 Å². The summed E-state index contributed by atoms with van der Waals surface area (Å²) < 4.78 is 36.5. The highest BCUT2D eigenvalue weighted by Crippen LogP contribution is 2.23. The third-order valence-corrected chi connectivity index (χ3v) is 4.11. The number of aromatic nitrogens is 3. The van der Waals surface area contributed by atoms with Crippen molar-refractivity contribution >= 4 is 9.84 Å². The molecular formula is C11H10FN3O2S. The molecule has 0 aromatic carbocycles. The zero-order valence-corrected chi connectivity index (χ0v) is 10.4. The fourth-order valence-electron chi connectivity index (χ4n) is 1.42. The third kappa shape index (κ3) is 2.35. The maximum atomic E-state index is 12.7. The predicted octanol–water partition coefficient (Wildman–Crippen LogP) is 1.47. The fraction of sp³-hybridized carbons (Fsp3) is 0.182. The molecule has 7 heteroatoms. The van der Waals surface area contributed by atoms with Crippen LogP contribution in [0.15, 0.2) is 35.6 Å². The number of halogens is 1. The molecule has 0 aliphatic heterocycles. The van der Waals surface area contributed by atoms with Crippen molar-refractivity contribution in [3.05, 3.63) is 36.7 Å². The largest absolute Gasteiger partial charge is 0.253 e. The lowest BCUT2D eigenvalue weighted by Gasteiger charge is -2.06. The molecular weight excluding hydrogens is 257 g/mol. The van der Waals surface area contributed by atoms with Crippen LogP contribution in [0.5, 0.6) is 0 Å². The van der Waals surface area contributed by atoms with Gasteiger partial charge in [0.1, 0.15) is 11.4 Å². The van der Waals surface area contributed by atoms with Gasteiger partial charge >= 0.3 is 0 Å². The van der Waals surface area contributed by atoms with Crippen LogP contribution in [0.3, 0.4) is 0 Å². The molecule has 0 fully saturated rings. The number of nitrogens with zero attached hydrogens (tertiary/aromatic N) is 3. The first-order valence-electron chi connectivity index (χ1n) is 5.20. The van der Waals surface area contributed by atoms with E-state index in [1.54, 1.807) is 6.92 Å². The average molecular weight is 267 g/mol. The molecule has 0 amide bonds. The molecule has 0 spiro atoms. The third-order valence-electron chi connectivity index (χ3n) is 2.35. The number of hydrogen-bond donors (Lipinski definition) is 0. The van der Waals surface area contributed by atoms with Crippen molar-refractivity contribution < 1.29 is 12.8 Å². The number of rotatable bonds is 3. The monoisotopic (exact) mass is 267 g/mol. The minimum Gasteiger partial charge on any atom is -0.253 e. The highest BCUT2D eigenvalue weighted by atomic mass is 32.2. The summed E-state index contributed by atoms with van der Waals surface area (Å²) in [7, 11) is -3.41. The van der Waals surface area contributed by atoms with Gasteiger partial charge in [-0.2, -0.15) is 4.39 Å². The SMILES string of the molecule is CCS(=O)(=O)c1cccnc1-c1cnc(F)cn1. The van der Waals surface area contributed by atoms with E-state index in [0.717, 1.165) is 12.4 Å². The summed E-state index contributed by atoms with van der Waals surface area (Å²) in [6, 6.07) is 2.98. The summed E-state index contributed by atoms with van der Waals surface area (Å²) >= 11 is 0. The van der Waals surface area contributed by atoms with Crippen LogP contribution >= 0.6 is 0 Å². The zero-order chi connectivity index (χ0) is 13.2. The molecule has 2 aromatic rings. The van der Waals surface area contributed by atoms with Gasteiger partial charge in [0.25, 0.3) is 0 Å². The van der Waals surface area contributed by atoms with Crippen LogP contribution in [-0.2, 0) is 9.84 Å². The minimum atomic E-state index is -3.41. The normalized spacial score (nSPS) is 11.4. The lowest BCUT2D eigenvalue weighted by molar-refractivity contribution is 0.577. The highest BCUT2D eigenvalue weighted by Gasteiger charge is 2.19. The Bertz CT molecular complexity index is 656. The van der Waals surface area contributed by atoms with Crippen molar-refractivity contribution in [2.75, 3.05) is 5.75 Å². The van der Waals surface area contributed by atoms with Gasteiger partial charge in [-0.1, -0.05) is 6.92 Å². The second-order valence-electron chi connectivity index (χ2n) is 3.48. The van der Waals surface area contributed by atoms with E-state index < -0.39 is 15.8 Å². The van der Waals surface area contributed by atoms with Gasteiger partial charge in [0.15, 0.2) is 9.84 Å². The molecule has 0 radical (unpaired) electrons. The Morgan fingerprint density at radius 1 is 1.22 bits per heavy atom. The van der Waals surface area contributed by atoms with Crippen molar-refractivity contribution in [1.82, 2.24) is 15.0 Å². The van der Waals surface area contributed by atoms with Crippen LogP contribution < -0.4 is 0 Å². The summed E-state index contributed by atoms with van der Waals surface area (Å²) in [4.78, 5) is 11.3. The summed E-state index contributed by atoms with van der Waals surface area (Å²) in [5.41, 5.74) is 0.413. The molecule has 18 heavy (non-hydrogen) atoms. The van der Waals surface area contributed by atoms with Gasteiger partial charge in [-0.3, -0.25) is 4.98 Å². The number of pyridine rings is 1. The summed E-state index contributed by atoms with van der Waals surface area (Å²) in [5.74, 6) is -0.769. The van der Waals surface area contributed by atoms with Gasteiger partial charge in [0, 0.05) is 6.20 Å². The predicted molar refractivity (Wildman–Crippen MR) is 62.9 cm³/mol. The van der Waals surface area contributed by atoms with E-state index in [4.69, 9.17) is 0 Å². The first-order chi connectivity index (χ1) is 8.54. The Balaban J connectivity index is 2.62. The average Bonchev–Trinajstić information content (AvgIpc) is 2.40. The molecule has 2 aromatic heterocycles. The molecule has 0 N–H and O–H groups in total. The molecule has 0 bridgehead atoms. The molecule has 2 rings (SSSR count). The van der Waals surface area contributed by atoms with Crippen LogP contribution in [0.25, 0.3) is 11.4 Å². The molecule has 0 saturated heterocycles. The van der Waals surface area contributed by atoms with Gasteiger partial charge in [-0.15, -0.1) is 0 Å². The van der Waals surface area contributed by atoms with E-state index in [0.29, 0.717) is 0 Å². The van der Waals surface area contributed by atoms with E-state index in [-0.39, 0.29) is 22.0 Å². The van der Waals surface area contributed by atoms with Crippen LogP contribution in [0.1, 0.15) is 6.92 Å². The first kappa shape index (κ1) is 12.6. The van der Waals surface area contributed by atoms with E-state index >= 15 is 0 Å². The van der Waals surface area contributed by atoms with Gasteiger partial charge in [0.05, 0.1) is 23.0 Å². The second-order valence-corrected chi connectivity index (χ2v) is 5.72. The van der Waals surface area contributed by atoms with Gasteiger partial charge in [-0.05, 0) is 12.1 Å². The van der Waals surface area contributed by atoms with Crippen LogP contribution in [-0.4, -0.2) is 29.1 Å². The molecule has 94 valence electrons. The Morgan fingerprint density at radius 2 is 2.00 bits per heavy atom. The molecule has 5 nitrogen and oxygen atoms in total. The standard InChI is InChI=1S/C11H10FN3O2S/c1-2-18(16,17)9-4-3-5-13-11(9)8-6-15-10(12)7-14-8/h3-7H,2H2,1H3. The lowest BCUT2D eigenvalue weighted by Crippen LogP contribution is -2.07. The Labute approximate surface area is 104 Å². The zero-order valence-electron chi connectivity index (χ0n) is 9.54. The van der Waals surface area contributed by atoms with Gasteiger partial charge < -0.3 is 0 Å². The lowest BCUT2D eigenvalue weighted by atomic mass is 10.3. The van der Waals surface area contributed by atoms with Crippen molar-refractivity contribution in [3.63, 3.8) is 0 Å². The van der Waals surface area contributed by atoms with Crippen molar-refractivity contribution in [3.8, 4) is 11.4 Å². The van der Waals surface area contributed by atoms with Gasteiger partial charge in [0.2, 0.25) is 5.95 Å². The number of sulfone groups is 1.